The lowest BCUT2D eigenvalue weighted by Gasteiger charge is -2.04. The lowest BCUT2D eigenvalue weighted by atomic mass is 10.1. The van der Waals surface area contributed by atoms with E-state index in [1.165, 1.54) is 11.3 Å². The summed E-state index contributed by atoms with van der Waals surface area (Å²) in [6, 6.07) is 16.2. The Morgan fingerprint density at radius 3 is 2.52 bits per heavy atom. The molecule has 0 spiro atoms. The van der Waals surface area contributed by atoms with Gasteiger partial charge in [-0.15, -0.1) is 11.3 Å². The zero-order chi connectivity index (χ0) is 18.8. The molecule has 130 valence electrons. The van der Waals surface area contributed by atoms with Crippen LogP contribution < -0.4 is 11.1 Å². The molecule has 0 aliphatic carbocycles. The molecule has 0 aliphatic rings. The number of aromatic nitrogens is 2. The summed E-state index contributed by atoms with van der Waals surface area (Å²) in [5.74, 6) is -0.300. The number of nitrogens with one attached hydrogen (secondary N) is 1. The van der Waals surface area contributed by atoms with Gasteiger partial charge in [-0.25, -0.2) is 4.98 Å². The summed E-state index contributed by atoms with van der Waals surface area (Å²) in [6.07, 6.45) is 3.42. The number of carbonyl (C=O) groups is 1. The van der Waals surface area contributed by atoms with Crippen molar-refractivity contribution in [3.05, 3.63) is 71.4 Å². The van der Waals surface area contributed by atoms with Crippen LogP contribution in [0.25, 0.3) is 21.5 Å². The summed E-state index contributed by atoms with van der Waals surface area (Å²) in [7, 11) is 0. The first-order valence-electron chi connectivity index (χ1n) is 8.06. The Kier molecular flexibility index (Phi) is 4.24. The second-order valence-electron chi connectivity index (χ2n) is 5.77. The molecular formula is C20H13N5OS. The highest BCUT2D eigenvalue weighted by atomic mass is 32.1. The van der Waals surface area contributed by atoms with Crippen molar-refractivity contribution in [2.75, 3.05) is 11.1 Å². The Morgan fingerprint density at radius 2 is 1.81 bits per heavy atom. The molecule has 1 amide bonds. The summed E-state index contributed by atoms with van der Waals surface area (Å²) >= 11 is 1.25. The molecule has 6 nitrogen and oxygen atoms in total. The molecule has 7 heteroatoms. The zero-order valence-corrected chi connectivity index (χ0v) is 14.8. The first-order valence-corrected chi connectivity index (χ1v) is 8.88. The molecule has 0 unspecified atom stereocenters. The molecule has 0 atom stereocenters. The lowest BCUT2D eigenvalue weighted by Crippen LogP contribution is -2.11. The van der Waals surface area contributed by atoms with Gasteiger partial charge in [-0.05, 0) is 48.5 Å². The van der Waals surface area contributed by atoms with E-state index in [1.54, 1.807) is 36.7 Å². The number of hydrogen-bond donors (Lipinski definition) is 2. The monoisotopic (exact) mass is 371 g/mol. The summed E-state index contributed by atoms with van der Waals surface area (Å²) < 4.78 is 0. The van der Waals surface area contributed by atoms with E-state index in [1.807, 2.05) is 30.3 Å². The van der Waals surface area contributed by atoms with Gasteiger partial charge in [0.15, 0.2) is 0 Å². The summed E-state index contributed by atoms with van der Waals surface area (Å²) in [6.45, 7) is 0. The van der Waals surface area contributed by atoms with Gasteiger partial charge in [0.2, 0.25) is 0 Å². The second-order valence-corrected chi connectivity index (χ2v) is 6.77. The third-order valence-electron chi connectivity index (χ3n) is 4.05. The van der Waals surface area contributed by atoms with E-state index >= 15 is 0 Å². The van der Waals surface area contributed by atoms with Crippen LogP contribution in [0.4, 0.5) is 11.4 Å². The summed E-state index contributed by atoms with van der Waals surface area (Å²) in [4.78, 5) is 22.4. The van der Waals surface area contributed by atoms with Crippen molar-refractivity contribution in [2.45, 2.75) is 0 Å². The van der Waals surface area contributed by atoms with E-state index in [0.717, 1.165) is 16.6 Å². The smallest absolute Gasteiger partial charge is 0.267 e. The van der Waals surface area contributed by atoms with Gasteiger partial charge in [0.05, 0.1) is 23.0 Å². The van der Waals surface area contributed by atoms with Crippen molar-refractivity contribution in [1.82, 2.24) is 9.97 Å². The van der Waals surface area contributed by atoms with E-state index in [2.05, 4.69) is 15.3 Å². The van der Waals surface area contributed by atoms with Crippen LogP contribution >= 0.6 is 11.3 Å². The quantitative estimate of drug-likeness (QED) is 0.565. The summed E-state index contributed by atoms with van der Waals surface area (Å²) in [5, 5.41) is 12.4. The van der Waals surface area contributed by atoms with E-state index in [9.17, 15) is 4.79 Å². The maximum atomic E-state index is 12.6. The number of pyridine rings is 2. The zero-order valence-electron chi connectivity index (χ0n) is 14.0. The predicted octanol–water partition coefficient (Wildman–Crippen LogP) is 4.06. The number of nitrogens with two attached hydrogens (primary N) is 1. The van der Waals surface area contributed by atoms with Crippen LogP contribution in [0.3, 0.4) is 0 Å². The van der Waals surface area contributed by atoms with Gasteiger partial charge < -0.3 is 11.1 Å². The average Bonchev–Trinajstić information content (AvgIpc) is 3.05. The van der Waals surface area contributed by atoms with Crippen molar-refractivity contribution in [1.29, 1.82) is 5.26 Å². The van der Waals surface area contributed by atoms with Crippen LogP contribution in [0.1, 0.15) is 15.2 Å². The molecule has 3 heterocycles. The molecule has 3 aromatic heterocycles. The minimum atomic E-state index is -0.300. The lowest BCUT2D eigenvalue weighted by molar-refractivity contribution is 0.103. The Balaban J connectivity index is 1.66. The topological polar surface area (TPSA) is 105 Å². The highest BCUT2D eigenvalue weighted by Gasteiger charge is 2.18. The van der Waals surface area contributed by atoms with Crippen molar-refractivity contribution < 1.29 is 4.79 Å². The van der Waals surface area contributed by atoms with Gasteiger partial charge >= 0.3 is 0 Å². The van der Waals surface area contributed by atoms with Gasteiger partial charge in [-0.1, -0.05) is 0 Å². The number of thiophene rings is 1. The molecule has 27 heavy (non-hydrogen) atoms. The fraction of sp³-hybridized carbons (Fsp3) is 0. The molecule has 3 N–H and O–H groups in total. The molecule has 0 saturated heterocycles. The van der Waals surface area contributed by atoms with Gasteiger partial charge in [-0.2, -0.15) is 5.26 Å². The van der Waals surface area contributed by atoms with Crippen LogP contribution in [0.15, 0.2) is 60.9 Å². The van der Waals surface area contributed by atoms with E-state index in [4.69, 9.17) is 11.0 Å². The Labute approximate surface area is 158 Å². The third-order valence-corrected chi connectivity index (χ3v) is 5.16. The fourth-order valence-electron chi connectivity index (χ4n) is 2.67. The van der Waals surface area contributed by atoms with Crippen molar-refractivity contribution >= 4 is 38.8 Å². The SMILES string of the molecule is N#Cc1ccc(NC(=O)c2sc3nc(-c4ccncc4)ccc3c2N)cc1. The number of nitrogen functional groups attached to an aromatic ring is 1. The van der Waals surface area contributed by atoms with Gasteiger partial charge in [0.25, 0.3) is 5.91 Å². The standard InChI is InChI=1S/C20H13N5OS/c21-11-12-1-3-14(4-2-12)24-19(26)18-17(22)15-5-6-16(25-20(15)27-18)13-7-9-23-10-8-13/h1-10H,22H2,(H,24,26). The average molecular weight is 371 g/mol. The number of carbonyl (C=O) groups excluding carboxylic acids is 1. The van der Waals surface area contributed by atoms with Gasteiger partial charge in [0.1, 0.15) is 9.71 Å². The number of benzene rings is 1. The Bertz CT molecular complexity index is 1180. The Hall–Kier alpha value is -3.76. The summed E-state index contributed by atoms with van der Waals surface area (Å²) in [5.41, 5.74) is 9.47. The molecule has 1 aromatic carbocycles. The number of nitrogens with zero attached hydrogens (tertiary/aromatic N) is 3. The normalized spacial score (nSPS) is 10.5. The number of fused-ring (bicyclic) bond motifs is 1. The molecule has 0 aliphatic heterocycles. The molecule has 0 radical (unpaired) electrons. The maximum Gasteiger partial charge on any atom is 0.267 e. The highest BCUT2D eigenvalue weighted by Crippen LogP contribution is 2.34. The minimum absolute atomic E-state index is 0.300. The number of nitriles is 1. The maximum absolute atomic E-state index is 12.6. The Morgan fingerprint density at radius 1 is 1.07 bits per heavy atom. The van der Waals surface area contributed by atoms with Crippen LogP contribution in [-0.2, 0) is 0 Å². The number of hydrogen-bond acceptors (Lipinski definition) is 6. The molecule has 0 bridgehead atoms. The van der Waals surface area contributed by atoms with Gasteiger partial charge in [0, 0.05) is 29.0 Å². The van der Waals surface area contributed by atoms with Gasteiger partial charge in [-0.3, -0.25) is 9.78 Å². The van der Waals surface area contributed by atoms with E-state index < -0.39 is 0 Å². The van der Waals surface area contributed by atoms with Crippen LogP contribution in [0, 0.1) is 11.3 Å². The predicted molar refractivity (Wildman–Crippen MR) is 106 cm³/mol. The first-order chi connectivity index (χ1) is 13.2. The molecule has 4 aromatic rings. The van der Waals surface area contributed by atoms with Crippen LogP contribution in [0.2, 0.25) is 0 Å². The van der Waals surface area contributed by atoms with E-state index in [0.29, 0.717) is 26.6 Å². The molecule has 0 fully saturated rings. The first kappa shape index (κ1) is 16.7. The largest absolute Gasteiger partial charge is 0.397 e. The molecular weight excluding hydrogens is 358 g/mol. The highest BCUT2D eigenvalue weighted by molar-refractivity contribution is 7.21. The van der Waals surface area contributed by atoms with Crippen LogP contribution in [-0.4, -0.2) is 15.9 Å². The third kappa shape index (κ3) is 3.21. The van der Waals surface area contributed by atoms with E-state index in [-0.39, 0.29) is 5.91 Å². The number of amides is 1. The van der Waals surface area contributed by atoms with Crippen molar-refractivity contribution in [3.63, 3.8) is 0 Å². The number of rotatable bonds is 3. The van der Waals surface area contributed by atoms with Crippen LogP contribution in [0.5, 0.6) is 0 Å². The van der Waals surface area contributed by atoms with Crippen molar-refractivity contribution in [3.8, 4) is 17.3 Å². The van der Waals surface area contributed by atoms with Crippen molar-refractivity contribution in [2.24, 2.45) is 0 Å². The second kappa shape index (κ2) is 6.86. The minimum Gasteiger partial charge on any atom is -0.397 e. The molecule has 0 saturated carbocycles. The fourth-order valence-corrected chi connectivity index (χ4v) is 3.65. The molecule has 4 rings (SSSR count). The number of anilines is 2.